The molecule has 2 aromatic rings. The summed E-state index contributed by atoms with van der Waals surface area (Å²) in [6.07, 6.45) is 2.50. The summed E-state index contributed by atoms with van der Waals surface area (Å²) in [5.74, 6) is -0.192. The van der Waals surface area contributed by atoms with Crippen molar-refractivity contribution in [1.29, 1.82) is 0 Å². The summed E-state index contributed by atoms with van der Waals surface area (Å²) in [5.41, 5.74) is 3.35. The summed E-state index contributed by atoms with van der Waals surface area (Å²) < 4.78 is 5.68. The van der Waals surface area contributed by atoms with E-state index in [4.69, 9.17) is 21.3 Å². The number of aliphatic carboxylic acids is 1. The van der Waals surface area contributed by atoms with E-state index >= 15 is 0 Å². The highest BCUT2D eigenvalue weighted by Crippen LogP contribution is 2.37. The van der Waals surface area contributed by atoms with Gasteiger partial charge in [-0.25, -0.2) is 0 Å². The standard InChI is InChI=1S/C28H36ClN3O3/c1-18(2)35-25-12-9-20(14-23(25)29)16-30-22(15-26(33)34)13-19-7-10-21(11-8-19)24-17-31-28(6,32-24)27(3,4)5/h7-12,14,17-18,22,30H,13,15-16H2,1-6H3,(H,33,34)/t22-,28?/m0/s1. The molecule has 1 unspecified atom stereocenters. The zero-order valence-corrected chi connectivity index (χ0v) is 22.2. The van der Waals surface area contributed by atoms with Crippen molar-refractivity contribution in [3.8, 4) is 5.75 Å². The van der Waals surface area contributed by atoms with Crippen LogP contribution in [0.2, 0.25) is 5.02 Å². The third-order valence-electron chi connectivity index (χ3n) is 6.30. The Kier molecular flexibility index (Phi) is 8.39. The smallest absolute Gasteiger partial charge is 0.304 e. The molecule has 0 radical (unpaired) electrons. The highest BCUT2D eigenvalue weighted by atomic mass is 35.5. The van der Waals surface area contributed by atoms with E-state index in [-0.39, 0.29) is 24.0 Å². The fourth-order valence-electron chi connectivity index (χ4n) is 3.77. The second-order valence-electron chi connectivity index (χ2n) is 10.5. The highest BCUT2D eigenvalue weighted by molar-refractivity contribution is 6.39. The number of ether oxygens (including phenoxy) is 1. The van der Waals surface area contributed by atoms with Crippen molar-refractivity contribution in [3.05, 3.63) is 64.2 Å². The quantitative estimate of drug-likeness (QED) is 0.425. The maximum Gasteiger partial charge on any atom is 0.304 e. The molecule has 0 amide bonds. The molecule has 0 aliphatic carbocycles. The maximum absolute atomic E-state index is 11.5. The summed E-state index contributed by atoms with van der Waals surface area (Å²) in [6, 6.07) is 13.5. The molecular formula is C28H36ClN3O3. The molecule has 1 aliphatic heterocycles. The predicted molar refractivity (Wildman–Crippen MR) is 143 cm³/mol. The van der Waals surface area contributed by atoms with E-state index in [9.17, 15) is 9.90 Å². The molecule has 0 fully saturated rings. The van der Waals surface area contributed by atoms with Crippen LogP contribution < -0.4 is 10.1 Å². The molecule has 0 spiro atoms. The van der Waals surface area contributed by atoms with Crippen LogP contribution in [0.15, 0.2) is 52.4 Å². The van der Waals surface area contributed by atoms with E-state index in [1.54, 1.807) is 0 Å². The zero-order chi connectivity index (χ0) is 25.8. The van der Waals surface area contributed by atoms with Crippen molar-refractivity contribution < 1.29 is 14.6 Å². The van der Waals surface area contributed by atoms with Gasteiger partial charge in [0.2, 0.25) is 0 Å². The third kappa shape index (κ3) is 7.15. The van der Waals surface area contributed by atoms with Crippen LogP contribution >= 0.6 is 11.6 Å². The topological polar surface area (TPSA) is 83.3 Å². The molecule has 3 rings (SSSR count). The van der Waals surface area contributed by atoms with Crippen LogP contribution in [0.4, 0.5) is 0 Å². The van der Waals surface area contributed by atoms with Crippen LogP contribution in [0.3, 0.4) is 0 Å². The lowest BCUT2D eigenvalue weighted by molar-refractivity contribution is -0.137. The maximum atomic E-state index is 11.5. The molecule has 7 heteroatoms. The Labute approximate surface area is 213 Å². The van der Waals surface area contributed by atoms with Crippen molar-refractivity contribution in [2.24, 2.45) is 15.4 Å². The lowest BCUT2D eigenvalue weighted by atomic mass is 9.83. The number of hydrogen-bond acceptors (Lipinski definition) is 5. The van der Waals surface area contributed by atoms with Crippen LogP contribution in [0.25, 0.3) is 0 Å². The monoisotopic (exact) mass is 497 g/mol. The molecule has 6 nitrogen and oxygen atoms in total. The molecule has 0 saturated heterocycles. The van der Waals surface area contributed by atoms with E-state index in [0.29, 0.717) is 23.7 Å². The Balaban J connectivity index is 1.66. The number of aliphatic imine (C=N–C) groups is 2. The second kappa shape index (κ2) is 10.9. The van der Waals surface area contributed by atoms with Crippen LogP contribution in [0.1, 0.15) is 64.7 Å². The number of carbonyl (C=O) groups is 1. The van der Waals surface area contributed by atoms with Gasteiger partial charge in [0, 0.05) is 23.6 Å². The van der Waals surface area contributed by atoms with Crippen LogP contribution in [-0.2, 0) is 17.8 Å². The van der Waals surface area contributed by atoms with Gasteiger partial charge >= 0.3 is 5.97 Å². The molecule has 35 heavy (non-hydrogen) atoms. The van der Waals surface area contributed by atoms with Crippen molar-refractivity contribution >= 4 is 29.5 Å². The number of benzene rings is 2. The minimum Gasteiger partial charge on any atom is -0.489 e. The normalized spacial score (nSPS) is 18.6. The van der Waals surface area contributed by atoms with E-state index in [1.165, 1.54) is 0 Å². The van der Waals surface area contributed by atoms with Gasteiger partial charge in [-0.15, -0.1) is 0 Å². The largest absolute Gasteiger partial charge is 0.489 e. The lowest BCUT2D eigenvalue weighted by Gasteiger charge is -2.32. The van der Waals surface area contributed by atoms with Gasteiger partial charge < -0.3 is 15.2 Å². The van der Waals surface area contributed by atoms with E-state index in [1.807, 2.05) is 69.5 Å². The molecule has 188 valence electrons. The Hall–Kier alpha value is -2.70. The molecule has 2 atom stereocenters. The molecule has 2 N–H and O–H groups in total. The zero-order valence-electron chi connectivity index (χ0n) is 21.4. The van der Waals surface area contributed by atoms with Gasteiger partial charge in [-0.05, 0) is 50.5 Å². The Morgan fingerprint density at radius 1 is 1.14 bits per heavy atom. The number of carboxylic acid groups (broad SMARTS) is 1. The molecule has 1 aliphatic rings. The third-order valence-corrected chi connectivity index (χ3v) is 6.60. The fourth-order valence-corrected chi connectivity index (χ4v) is 4.02. The summed E-state index contributed by atoms with van der Waals surface area (Å²) in [6.45, 7) is 12.9. The highest BCUT2D eigenvalue weighted by Gasteiger charge is 2.39. The van der Waals surface area contributed by atoms with Crippen molar-refractivity contribution in [3.63, 3.8) is 0 Å². The van der Waals surface area contributed by atoms with Crippen molar-refractivity contribution in [2.75, 3.05) is 0 Å². The average Bonchev–Trinajstić information content (AvgIpc) is 3.17. The van der Waals surface area contributed by atoms with Crippen LogP contribution in [0, 0.1) is 5.41 Å². The summed E-state index contributed by atoms with van der Waals surface area (Å²) in [5, 5.41) is 13.3. The number of halogens is 1. The predicted octanol–water partition coefficient (Wildman–Crippen LogP) is 5.94. The van der Waals surface area contributed by atoms with Gasteiger partial charge in [0.15, 0.2) is 5.66 Å². The van der Waals surface area contributed by atoms with E-state index < -0.39 is 11.6 Å². The first-order chi connectivity index (χ1) is 16.4. The molecule has 2 aromatic carbocycles. The first-order valence-corrected chi connectivity index (χ1v) is 12.4. The minimum absolute atomic E-state index is 0.0212. The Morgan fingerprint density at radius 3 is 2.34 bits per heavy atom. The fraction of sp³-hybridized carbons (Fsp3) is 0.464. The minimum atomic E-state index is -0.837. The first kappa shape index (κ1) is 26.9. The SMILES string of the molecule is CC(C)Oc1ccc(CN[C@H](CC(=O)O)Cc2ccc(C3=NC(C)(C(C)(C)C)N=C3)cc2)cc1Cl. The van der Waals surface area contributed by atoms with Crippen molar-refractivity contribution in [2.45, 2.75) is 78.7 Å². The van der Waals surface area contributed by atoms with E-state index in [2.05, 4.69) is 31.1 Å². The molecular weight excluding hydrogens is 462 g/mol. The summed E-state index contributed by atoms with van der Waals surface area (Å²) >= 11 is 6.35. The molecule has 0 saturated carbocycles. The van der Waals surface area contributed by atoms with E-state index in [0.717, 1.165) is 22.4 Å². The molecule has 0 bridgehead atoms. The van der Waals surface area contributed by atoms with Gasteiger partial charge in [0.25, 0.3) is 0 Å². The van der Waals surface area contributed by atoms with Crippen molar-refractivity contribution in [1.82, 2.24) is 5.32 Å². The lowest BCUT2D eigenvalue weighted by Crippen LogP contribution is -2.34. The first-order valence-electron chi connectivity index (χ1n) is 12.0. The van der Waals surface area contributed by atoms with Gasteiger partial charge in [0.05, 0.1) is 29.5 Å². The molecule has 1 heterocycles. The number of nitrogens with zero attached hydrogens (tertiary/aromatic N) is 2. The van der Waals surface area contributed by atoms with Gasteiger partial charge in [0.1, 0.15) is 5.75 Å². The summed E-state index contributed by atoms with van der Waals surface area (Å²) in [7, 11) is 0. The number of carboxylic acids is 1. The van der Waals surface area contributed by atoms with Gasteiger partial charge in [-0.3, -0.25) is 14.8 Å². The molecule has 0 aromatic heterocycles. The average molecular weight is 498 g/mol. The number of nitrogens with one attached hydrogen (secondary N) is 1. The van der Waals surface area contributed by atoms with Crippen LogP contribution in [0.5, 0.6) is 5.75 Å². The Bertz CT molecular complexity index is 1100. The number of rotatable bonds is 10. The Morgan fingerprint density at radius 2 is 1.80 bits per heavy atom. The van der Waals surface area contributed by atoms with Gasteiger partial charge in [-0.2, -0.15) is 0 Å². The summed E-state index contributed by atoms with van der Waals surface area (Å²) in [4.78, 5) is 21.0. The van der Waals surface area contributed by atoms with Gasteiger partial charge in [-0.1, -0.05) is 62.7 Å². The second-order valence-corrected chi connectivity index (χ2v) is 10.9. The van der Waals surface area contributed by atoms with Crippen LogP contribution in [-0.4, -0.2) is 40.8 Å². The number of hydrogen-bond donors (Lipinski definition) is 2.